The molecule has 0 saturated heterocycles. The third kappa shape index (κ3) is 3.30. The summed E-state index contributed by atoms with van der Waals surface area (Å²) in [6, 6.07) is 10.00. The van der Waals surface area contributed by atoms with Crippen molar-refractivity contribution in [3.8, 4) is 5.75 Å². The van der Waals surface area contributed by atoms with Crippen LogP contribution in [0.3, 0.4) is 0 Å². The van der Waals surface area contributed by atoms with Crippen LogP contribution in [0.4, 0.5) is 11.4 Å². The fraction of sp³-hybridized carbons (Fsp3) is 0.143. The number of hydrogen-bond donors (Lipinski definition) is 2. The number of hydrogen-bond acceptors (Lipinski definition) is 4. The van der Waals surface area contributed by atoms with Gasteiger partial charge in [0.15, 0.2) is 0 Å². The molecule has 21 heavy (non-hydrogen) atoms. The third-order valence-corrected chi connectivity index (χ3v) is 5.20. The minimum atomic E-state index is -3.78. The summed E-state index contributed by atoms with van der Waals surface area (Å²) in [7, 11) is -2.27. The van der Waals surface area contributed by atoms with Gasteiger partial charge < -0.3 is 10.5 Å². The van der Waals surface area contributed by atoms with Crippen molar-refractivity contribution >= 4 is 37.3 Å². The zero-order chi connectivity index (χ0) is 15.6. The third-order valence-electron chi connectivity index (χ3n) is 2.93. The smallest absolute Gasteiger partial charge is 0.264 e. The van der Waals surface area contributed by atoms with Crippen LogP contribution in [-0.2, 0) is 10.0 Å². The van der Waals surface area contributed by atoms with Crippen LogP contribution in [-0.4, -0.2) is 15.5 Å². The molecule has 3 N–H and O–H groups in total. The fourth-order valence-electron chi connectivity index (χ4n) is 1.95. The SMILES string of the molecule is COc1ccc(Br)c(NS(=O)(=O)c2c(C)cccc2N)c1. The van der Waals surface area contributed by atoms with Crippen molar-refractivity contribution in [3.63, 3.8) is 0 Å². The van der Waals surface area contributed by atoms with Crippen LogP contribution in [0, 0.1) is 6.92 Å². The predicted molar refractivity (Wildman–Crippen MR) is 87.1 cm³/mol. The molecular formula is C14H15BrN2O3S. The van der Waals surface area contributed by atoms with Gasteiger partial charge in [-0.2, -0.15) is 0 Å². The molecule has 0 aliphatic heterocycles. The van der Waals surface area contributed by atoms with Gasteiger partial charge in [0.2, 0.25) is 0 Å². The van der Waals surface area contributed by atoms with Crippen molar-refractivity contribution in [1.29, 1.82) is 0 Å². The minimum Gasteiger partial charge on any atom is -0.497 e. The summed E-state index contributed by atoms with van der Waals surface area (Å²) in [5.41, 5.74) is 6.98. The van der Waals surface area contributed by atoms with Gasteiger partial charge in [-0.15, -0.1) is 0 Å². The lowest BCUT2D eigenvalue weighted by Gasteiger charge is -2.14. The first-order chi connectivity index (χ1) is 9.85. The van der Waals surface area contributed by atoms with Crippen LogP contribution in [0.25, 0.3) is 0 Å². The molecule has 0 aliphatic rings. The van der Waals surface area contributed by atoms with Gasteiger partial charge in [-0.05, 0) is 46.6 Å². The van der Waals surface area contributed by atoms with Crippen molar-refractivity contribution in [2.45, 2.75) is 11.8 Å². The van der Waals surface area contributed by atoms with E-state index in [0.29, 0.717) is 21.5 Å². The standard InChI is InChI=1S/C14H15BrN2O3S/c1-9-4-3-5-12(16)14(9)21(18,19)17-13-8-10(20-2)6-7-11(13)15/h3-8,17H,16H2,1-2H3. The van der Waals surface area contributed by atoms with Crippen LogP contribution in [0.15, 0.2) is 45.8 Å². The Morgan fingerprint density at radius 3 is 2.57 bits per heavy atom. The van der Waals surface area contributed by atoms with E-state index in [4.69, 9.17) is 10.5 Å². The highest BCUT2D eigenvalue weighted by molar-refractivity contribution is 9.10. The Labute approximate surface area is 132 Å². The van der Waals surface area contributed by atoms with E-state index in [2.05, 4.69) is 20.7 Å². The Kier molecular flexibility index (Phi) is 4.43. The van der Waals surface area contributed by atoms with Crippen LogP contribution < -0.4 is 15.2 Å². The molecule has 0 unspecified atom stereocenters. The monoisotopic (exact) mass is 370 g/mol. The Morgan fingerprint density at radius 2 is 1.95 bits per heavy atom. The second-order valence-electron chi connectivity index (χ2n) is 4.44. The molecule has 112 valence electrons. The van der Waals surface area contributed by atoms with E-state index < -0.39 is 10.0 Å². The number of nitrogen functional groups attached to an aromatic ring is 1. The second-order valence-corrected chi connectivity index (χ2v) is 6.92. The van der Waals surface area contributed by atoms with E-state index in [1.807, 2.05) is 0 Å². The predicted octanol–water partition coefficient (Wildman–Crippen LogP) is 3.15. The number of nitrogens with two attached hydrogens (primary N) is 1. The summed E-state index contributed by atoms with van der Waals surface area (Å²) in [6.07, 6.45) is 0. The van der Waals surface area contributed by atoms with Crippen LogP contribution in [0.1, 0.15) is 5.56 Å². The molecule has 0 heterocycles. The molecule has 0 radical (unpaired) electrons. The highest BCUT2D eigenvalue weighted by atomic mass is 79.9. The molecule has 0 saturated carbocycles. The molecule has 2 aromatic carbocycles. The zero-order valence-electron chi connectivity index (χ0n) is 11.6. The van der Waals surface area contributed by atoms with E-state index in [1.54, 1.807) is 43.3 Å². The average molecular weight is 371 g/mol. The van der Waals surface area contributed by atoms with Crippen molar-refractivity contribution in [1.82, 2.24) is 0 Å². The molecule has 5 nitrogen and oxygen atoms in total. The Hall–Kier alpha value is -1.73. The number of halogens is 1. The van der Waals surface area contributed by atoms with Crippen LogP contribution in [0.2, 0.25) is 0 Å². The first-order valence-corrected chi connectivity index (χ1v) is 8.34. The van der Waals surface area contributed by atoms with Gasteiger partial charge in [-0.25, -0.2) is 8.42 Å². The van der Waals surface area contributed by atoms with Gasteiger partial charge in [-0.1, -0.05) is 12.1 Å². The van der Waals surface area contributed by atoms with Gasteiger partial charge in [0.05, 0.1) is 18.5 Å². The molecule has 0 bridgehead atoms. The lowest BCUT2D eigenvalue weighted by atomic mass is 10.2. The zero-order valence-corrected chi connectivity index (χ0v) is 14.0. The lowest BCUT2D eigenvalue weighted by Crippen LogP contribution is -2.16. The van der Waals surface area contributed by atoms with Gasteiger partial charge in [-0.3, -0.25) is 4.72 Å². The van der Waals surface area contributed by atoms with E-state index in [-0.39, 0.29) is 10.6 Å². The lowest BCUT2D eigenvalue weighted by molar-refractivity contribution is 0.415. The van der Waals surface area contributed by atoms with Gasteiger partial charge in [0.1, 0.15) is 10.6 Å². The fourth-order valence-corrected chi connectivity index (χ4v) is 3.86. The first kappa shape index (κ1) is 15.7. The number of methoxy groups -OCH3 is 1. The maximum Gasteiger partial charge on any atom is 0.264 e. The number of rotatable bonds is 4. The van der Waals surface area contributed by atoms with Crippen molar-refractivity contribution in [2.75, 3.05) is 17.6 Å². The molecule has 7 heteroatoms. The van der Waals surface area contributed by atoms with Crippen molar-refractivity contribution in [2.24, 2.45) is 0 Å². The molecule has 0 atom stereocenters. The Balaban J connectivity index is 2.47. The van der Waals surface area contributed by atoms with E-state index in [9.17, 15) is 8.42 Å². The number of aryl methyl sites for hydroxylation is 1. The van der Waals surface area contributed by atoms with E-state index in [0.717, 1.165) is 0 Å². The topological polar surface area (TPSA) is 81.4 Å². The summed E-state index contributed by atoms with van der Waals surface area (Å²) >= 11 is 3.31. The summed E-state index contributed by atoms with van der Waals surface area (Å²) in [5.74, 6) is 0.550. The summed E-state index contributed by atoms with van der Waals surface area (Å²) < 4.78 is 33.3. The van der Waals surface area contributed by atoms with Crippen LogP contribution >= 0.6 is 15.9 Å². The maximum absolute atomic E-state index is 12.5. The molecule has 0 spiro atoms. The summed E-state index contributed by atoms with van der Waals surface area (Å²) in [4.78, 5) is 0.0831. The summed E-state index contributed by atoms with van der Waals surface area (Å²) in [5, 5.41) is 0. The molecule has 2 rings (SSSR count). The Morgan fingerprint density at radius 1 is 1.24 bits per heavy atom. The molecular weight excluding hydrogens is 356 g/mol. The normalized spacial score (nSPS) is 11.2. The van der Waals surface area contributed by atoms with Gasteiger partial charge in [0.25, 0.3) is 10.0 Å². The highest BCUT2D eigenvalue weighted by Crippen LogP contribution is 2.31. The van der Waals surface area contributed by atoms with Crippen LogP contribution in [0.5, 0.6) is 5.75 Å². The largest absolute Gasteiger partial charge is 0.497 e. The maximum atomic E-state index is 12.5. The highest BCUT2D eigenvalue weighted by Gasteiger charge is 2.21. The quantitative estimate of drug-likeness (QED) is 0.809. The minimum absolute atomic E-state index is 0.0831. The van der Waals surface area contributed by atoms with Gasteiger partial charge in [0, 0.05) is 10.5 Å². The number of sulfonamides is 1. The van der Waals surface area contributed by atoms with Gasteiger partial charge >= 0.3 is 0 Å². The van der Waals surface area contributed by atoms with Crippen molar-refractivity contribution in [3.05, 3.63) is 46.4 Å². The molecule has 2 aromatic rings. The number of ether oxygens (including phenoxy) is 1. The first-order valence-electron chi connectivity index (χ1n) is 6.06. The Bertz CT molecular complexity index is 756. The number of benzene rings is 2. The summed E-state index contributed by atoms with van der Waals surface area (Å²) in [6.45, 7) is 1.70. The molecule has 0 amide bonds. The number of nitrogens with one attached hydrogen (secondary N) is 1. The van der Waals surface area contributed by atoms with E-state index >= 15 is 0 Å². The second kappa shape index (κ2) is 5.95. The number of anilines is 2. The van der Waals surface area contributed by atoms with Crippen molar-refractivity contribution < 1.29 is 13.2 Å². The van der Waals surface area contributed by atoms with E-state index in [1.165, 1.54) is 7.11 Å². The molecule has 0 fully saturated rings. The average Bonchev–Trinajstić information content (AvgIpc) is 2.40. The molecule has 0 aliphatic carbocycles. The molecule has 0 aromatic heterocycles.